The van der Waals surface area contributed by atoms with E-state index in [1.165, 1.54) is 103 Å². The van der Waals surface area contributed by atoms with Gasteiger partial charge in [0.15, 0.2) is 0 Å². The number of likely N-dealkylation sites (N-methyl/N-ethyl adjacent to an activating group) is 1. The number of quaternary nitrogens is 1. The summed E-state index contributed by atoms with van der Waals surface area (Å²) in [6.45, 7) is 5.39. The molecule has 0 aliphatic rings. The third kappa shape index (κ3) is 40.0. The maximum Gasteiger partial charge on any atom is 0.306 e. The number of phosphoric ester groups is 1. The van der Waals surface area contributed by atoms with Crippen LogP contribution in [-0.2, 0) is 27.9 Å². The Morgan fingerprint density at radius 2 is 1.08 bits per heavy atom. The zero-order valence-corrected chi connectivity index (χ0v) is 35.0. The average molecular weight is 744 g/mol. The SMILES string of the molecule is CCCCCC/C=C\C/C=C\CCCCCCCC(=O)OC(COCCCCCCCCCCCCCCC)COP(=O)([O-])OCC[N+](C)(C)C. The molecule has 0 fully saturated rings. The first-order valence-electron chi connectivity index (χ1n) is 21.1. The Kier molecular flexibility index (Phi) is 35.3. The molecule has 0 saturated carbocycles. The number of nitrogens with zero attached hydrogens (tertiary/aromatic N) is 1. The Labute approximate surface area is 315 Å². The molecule has 51 heavy (non-hydrogen) atoms. The second-order valence-corrected chi connectivity index (χ2v) is 16.8. The van der Waals surface area contributed by atoms with Crippen LogP contribution >= 0.6 is 7.82 Å². The number of unbranched alkanes of at least 4 members (excludes halogenated alkanes) is 21. The van der Waals surface area contributed by atoms with Gasteiger partial charge in [0, 0.05) is 13.0 Å². The Morgan fingerprint density at radius 1 is 0.608 bits per heavy atom. The smallest absolute Gasteiger partial charge is 0.306 e. The number of ether oxygens (including phenoxy) is 2. The van der Waals surface area contributed by atoms with Crippen molar-refractivity contribution in [3.05, 3.63) is 24.3 Å². The van der Waals surface area contributed by atoms with Crippen molar-refractivity contribution < 1.29 is 37.3 Å². The highest BCUT2D eigenvalue weighted by atomic mass is 31.2. The minimum Gasteiger partial charge on any atom is -0.756 e. The lowest BCUT2D eigenvalue weighted by atomic mass is 10.0. The van der Waals surface area contributed by atoms with Gasteiger partial charge in [-0.1, -0.05) is 154 Å². The molecule has 0 heterocycles. The van der Waals surface area contributed by atoms with Crippen molar-refractivity contribution in [2.45, 2.75) is 187 Å². The molecule has 2 atom stereocenters. The number of phosphoric acid groups is 1. The minimum atomic E-state index is -4.52. The van der Waals surface area contributed by atoms with Gasteiger partial charge in [-0.25, -0.2) is 0 Å². The van der Waals surface area contributed by atoms with Crippen LogP contribution in [0.15, 0.2) is 24.3 Å². The fourth-order valence-electron chi connectivity index (χ4n) is 5.69. The largest absolute Gasteiger partial charge is 0.756 e. The summed E-state index contributed by atoms with van der Waals surface area (Å²) in [6, 6.07) is 0. The van der Waals surface area contributed by atoms with Crippen molar-refractivity contribution in [1.29, 1.82) is 0 Å². The molecular formula is C42H82NO7P. The van der Waals surface area contributed by atoms with E-state index in [0.29, 0.717) is 24.1 Å². The minimum absolute atomic E-state index is 0.0250. The molecule has 8 nitrogen and oxygen atoms in total. The molecular weight excluding hydrogens is 661 g/mol. The van der Waals surface area contributed by atoms with E-state index < -0.39 is 13.9 Å². The standard InChI is InChI=1S/C42H82NO7P/c1-6-8-10-12-14-16-18-20-21-22-23-25-27-29-31-33-35-42(44)50-41(40-49-51(45,46)48-38-36-43(3,4)5)39-47-37-34-32-30-28-26-24-19-17-15-13-11-9-7-2/h16,18,21-22,41H,6-15,17,19-20,23-40H2,1-5H3/b18-16-,22-21-. The quantitative estimate of drug-likeness (QED) is 0.0203. The molecule has 2 unspecified atom stereocenters. The molecule has 302 valence electrons. The van der Waals surface area contributed by atoms with Gasteiger partial charge in [-0.15, -0.1) is 0 Å². The Morgan fingerprint density at radius 3 is 1.61 bits per heavy atom. The summed E-state index contributed by atoms with van der Waals surface area (Å²) in [5.74, 6) is -0.346. The highest BCUT2D eigenvalue weighted by Gasteiger charge is 2.20. The van der Waals surface area contributed by atoms with E-state index in [2.05, 4.69) is 38.2 Å². The van der Waals surface area contributed by atoms with E-state index in [4.69, 9.17) is 18.5 Å². The maximum absolute atomic E-state index is 12.6. The highest BCUT2D eigenvalue weighted by molar-refractivity contribution is 7.45. The molecule has 0 aliphatic heterocycles. The number of carbonyl (C=O) groups is 1. The van der Waals surface area contributed by atoms with E-state index in [-0.39, 0.29) is 25.8 Å². The van der Waals surface area contributed by atoms with Gasteiger partial charge in [0.05, 0.1) is 34.4 Å². The second kappa shape index (κ2) is 36.0. The number of rotatable bonds is 39. The van der Waals surface area contributed by atoms with E-state index in [9.17, 15) is 14.3 Å². The molecule has 0 aliphatic carbocycles. The molecule has 9 heteroatoms. The molecule has 0 N–H and O–H groups in total. The molecule has 0 radical (unpaired) electrons. The first-order valence-corrected chi connectivity index (χ1v) is 22.5. The first kappa shape index (κ1) is 50.0. The molecule has 0 rings (SSSR count). The number of hydrogen-bond donors (Lipinski definition) is 0. The maximum atomic E-state index is 12.6. The van der Waals surface area contributed by atoms with Gasteiger partial charge in [0.2, 0.25) is 0 Å². The summed E-state index contributed by atoms with van der Waals surface area (Å²) in [5, 5.41) is 0. The van der Waals surface area contributed by atoms with Crippen LogP contribution in [0.25, 0.3) is 0 Å². The fraction of sp³-hybridized carbons (Fsp3) is 0.881. The van der Waals surface area contributed by atoms with E-state index in [1.54, 1.807) is 0 Å². The third-order valence-electron chi connectivity index (χ3n) is 9.01. The molecule has 0 amide bonds. The number of allylic oxidation sites excluding steroid dienone is 4. The molecule has 0 bridgehead atoms. The molecule has 0 spiro atoms. The van der Waals surface area contributed by atoms with Crippen molar-refractivity contribution in [3.63, 3.8) is 0 Å². The van der Waals surface area contributed by atoms with Gasteiger partial charge in [-0.05, 0) is 44.9 Å². The van der Waals surface area contributed by atoms with Crippen molar-refractivity contribution in [2.75, 3.05) is 54.1 Å². The zero-order chi connectivity index (χ0) is 37.7. The zero-order valence-electron chi connectivity index (χ0n) is 34.1. The lowest BCUT2D eigenvalue weighted by Gasteiger charge is -2.28. The van der Waals surface area contributed by atoms with Crippen LogP contribution < -0.4 is 4.89 Å². The Hall–Kier alpha value is -1.02. The van der Waals surface area contributed by atoms with Crippen LogP contribution in [0.5, 0.6) is 0 Å². The molecule has 0 aromatic heterocycles. The number of carbonyl (C=O) groups excluding carboxylic acids is 1. The van der Waals surface area contributed by atoms with Crippen LogP contribution in [0.4, 0.5) is 0 Å². The lowest BCUT2D eigenvalue weighted by molar-refractivity contribution is -0.870. The van der Waals surface area contributed by atoms with Crippen LogP contribution in [0.2, 0.25) is 0 Å². The molecule has 0 saturated heterocycles. The Balaban J connectivity index is 4.27. The molecule has 0 aromatic rings. The topological polar surface area (TPSA) is 94.1 Å². The summed E-state index contributed by atoms with van der Waals surface area (Å²) < 4.78 is 34.5. The van der Waals surface area contributed by atoms with Crippen LogP contribution in [0, 0.1) is 0 Å². The molecule has 0 aromatic carbocycles. The highest BCUT2D eigenvalue weighted by Crippen LogP contribution is 2.38. The normalized spacial score (nSPS) is 14.1. The van der Waals surface area contributed by atoms with Crippen molar-refractivity contribution >= 4 is 13.8 Å². The Bertz CT molecular complexity index is 874. The van der Waals surface area contributed by atoms with Gasteiger partial charge < -0.3 is 27.9 Å². The monoisotopic (exact) mass is 744 g/mol. The summed E-state index contributed by atoms with van der Waals surface area (Å²) in [7, 11) is 1.35. The van der Waals surface area contributed by atoms with Gasteiger partial charge >= 0.3 is 5.97 Å². The van der Waals surface area contributed by atoms with Gasteiger partial charge in [-0.3, -0.25) is 9.36 Å². The third-order valence-corrected chi connectivity index (χ3v) is 9.97. The summed E-state index contributed by atoms with van der Waals surface area (Å²) >= 11 is 0. The van der Waals surface area contributed by atoms with Crippen LogP contribution in [0.3, 0.4) is 0 Å². The van der Waals surface area contributed by atoms with Gasteiger partial charge in [0.1, 0.15) is 19.3 Å². The summed E-state index contributed by atoms with van der Waals surface area (Å²) in [6.07, 6.45) is 38.9. The van der Waals surface area contributed by atoms with Crippen LogP contribution in [-0.4, -0.2) is 70.7 Å². The summed E-state index contributed by atoms with van der Waals surface area (Å²) in [4.78, 5) is 25.0. The predicted octanol–water partition coefficient (Wildman–Crippen LogP) is 11.4. The fourth-order valence-corrected chi connectivity index (χ4v) is 6.42. The summed E-state index contributed by atoms with van der Waals surface area (Å²) in [5.41, 5.74) is 0. The predicted molar refractivity (Wildman–Crippen MR) is 213 cm³/mol. The lowest BCUT2D eigenvalue weighted by Crippen LogP contribution is -2.37. The van der Waals surface area contributed by atoms with Crippen molar-refractivity contribution in [1.82, 2.24) is 0 Å². The first-order chi connectivity index (χ1) is 24.6. The average Bonchev–Trinajstić information content (AvgIpc) is 3.08. The van der Waals surface area contributed by atoms with Crippen molar-refractivity contribution in [3.8, 4) is 0 Å². The van der Waals surface area contributed by atoms with Crippen molar-refractivity contribution in [2.24, 2.45) is 0 Å². The second-order valence-electron chi connectivity index (χ2n) is 15.4. The van der Waals surface area contributed by atoms with Gasteiger partial charge in [-0.2, -0.15) is 0 Å². The van der Waals surface area contributed by atoms with Crippen LogP contribution in [0.1, 0.15) is 181 Å². The number of hydrogen-bond acceptors (Lipinski definition) is 7. The number of esters is 1. The van der Waals surface area contributed by atoms with E-state index >= 15 is 0 Å². The van der Waals surface area contributed by atoms with E-state index in [0.717, 1.165) is 57.8 Å². The van der Waals surface area contributed by atoms with E-state index in [1.807, 2.05) is 21.1 Å². The van der Waals surface area contributed by atoms with Gasteiger partial charge in [0.25, 0.3) is 7.82 Å².